The number of aryl methyl sites for hydroxylation is 1. The Kier molecular flexibility index (Phi) is 3.83. The van der Waals surface area contributed by atoms with Crippen LogP contribution in [0.25, 0.3) is 0 Å². The van der Waals surface area contributed by atoms with Gasteiger partial charge in [0, 0.05) is 25.3 Å². The van der Waals surface area contributed by atoms with E-state index in [2.05, 4.69) is 48.0 Å². The third-order valence-corrected chi connectivity index (χ3v) is 3.43. The van der Waals surface area contributed by atoms with Crippen LogP contribution in [0.4, 0.5) is 5.69 Å². The molecule has 1 saturated heterocycles. The molecule has 0 atom stereocenters. The molecule has 1 aliphatic heterocycles. The minimum absolute atomic E-state index is 1.13. The van der Waals surface area contributed by atoms with Gasteiger partial charge >= 0.3 is 0 Å². The van der Waals surface area contributed by atoms with Gasteiger partial charge in [0.15, 0.2) is 0 Å². The van der Waals surface area contributed by atoms with Gasteiger partial charge in [-0.05, 0) is 38.1 Å². The van der Waals surface area contributed by atoms with Gasteiger partial charge in [-0.15, -0.1) is 0 Å². The molecule has 0 N–H and O–H groups in total. The Balaban J connectivity index is 2.16. The largest absolute Gasteiger partial charge is 0.370 e. The van der Waals surface area contributed by atoms with Crippen molar-refractivity contribution in [2.24, 2.45) is 0 Å². The van der Waals surface area contributed by atoms with E-state index >= 15 is 0 Å². The second kappa shape index (κ2) is 5.35. The van der Waals surface area contributed by atoms with Crippen LogP contribution in [-0.2, 0) is 6.42 Å². The Morgan fingerprint density at radius 3 is 2.69 bits per heavy atom. The lowest BCUT2D eigenvalue weighted by molar-refractivity contribution is 0.360. The normalized spacial score (nSPS) is 18.5. The fraction of sp³-hybridized carbons (Fsp3) is 0.571. The number of para-hydroxylation sites is 1. The molecule has 1 heterocycles. The lowest BCUT2D eigenvalue weighted by Crippen LogP contribution is -2.29. The summed E-state index contributed by atoms with van der Waals surface area (Å²) in [6, 6.07) is 8.82. The average molecular weight is 218 g/mol. The van der Waals surface area contributed by atoms with Crippen LogP contribution in [0.2, 0.25) is 0 Å². The molecule has 0 amide bonds. The number of nitrogens with zero attached hydrogens (tertiary/aromatic N) is 2. The van der Waals surface area contributed by atoms with Gasteiger partial charge in [0.1, 0.15) is 0 Å². The fourth-order valence-corrected chi connectivity index (χ4v) is 2.41. The second-order valence-electron chi connectivity index (χ2n) is 4.63. The van der Waals surface area contributed by atoms with Gasteiger partial charge in [0.25, 0.3) is 0 Å². The smallest absolute Gasteiger partial charge is 0.0399 e. The molecule has 2 heteroatoms. The van der Waals surface area contributed by atoms with E-state index in [1.54, 1.807) is 0 Å². The molecule has 0 bridgehead atoms. The average Bonchev–Trinajstić information content (AvgIpc) is 2.54. The Bertz CT molecular complexity index is 335. The molecule has 2 rings (SSSR count). The van der Waals surface area contributed by atoms with Crippen LogP contribution >= 0.6 is 0 Å². The van der Waals surface area contributed by atoms with E-state index in [-0.39, 0.29) is 0 Å². The number of hydrogen-bond acceptors (Lipinski definition) is 2. The molecular weight excluding hydrogens is 196 g/mol. The lowest BCUT2D eigenvalue weighted by Gasteiger charge is -2.25. The molecule has 0 saturated carbocycles. The maximum Gasteiger partial charge on any atom is 0.0399 e. The molecule has 0 spiro atoms. The van der Waals surface area contributed by atoms with Crippen LogP contribution in [0.15, 0.2) is 24.3 Å². The van der Waals surface area contributed by atoms with Gasteiger partial charge in [-0.3, -0.25) is 0 Å². The summed E-state index contributed by atoms with van der Waals surface area (Å²) in [5.41, 5.74) is 2.92. The zero-order valence-corrected chi connectivity index (χ0v) is 10.4. The van der Waals surface area contributed by atoms with Crippen molar-refractivity contribution < 1.29 is 0 Å². The molecule has 1 fully saturated rings. The van der Waals surface area contributed by atoms with Crippen molar-refractivity contribution >= 4 is 5.69 Å². The van der Waals surface area contributed by atoms with E-state index in [9.17, 15) is 0 Å². The van der Waals surface area contributed by atoms with E-state index in [0.29, 0.717) is 0 Å². The molecule has 1 aliphatic rings. The molecule has 1 aromatic rings. The maximum atomic E-state index is 2.54. The minimum Gasteiger partial charge on any atom is -0.370 e. The molecule has 0 unspecified atom stereocenters. The maximum absolute atomic E-state index is 2.54. The summed E-state index contributed by atoms with van der Waals surface area (Å²) in [5.74, 6) is 0. The Morgan fingerprint density at radius 2 is 1.88 bits per heavy atom. The van der Waals surface area contributed by atoms with Crippen LogP contribution in [0, 0.1) is 0 Å². The van der Waals surface area contributed by atoms with Crippen molar-refractivity contribution in [3.63, 3.8) is 0 Å². The summed E-state index contributed by atoms with van der Waals surface area (Å²) in [6.07, 6.45) is 2.40. The monoisotopic (exact) mass is 218 g/mol. The van der Waals surface area contributed by atoms with E-state index in [4.69, 9.17) is 0 Å². The van der Waals surface area contributed by atoms with Crippen molar-refractivity contribution in [3.05, 3.63) is 29.8 Å². The van der Waals surface area contributed by atoms with Crippen LogP contribution in [-0.4, -0.2) is 38.1 Å². The third kappa shape index (κ3) is 2.56. The quantitative estimate of drug-likeness (QED) is 0.752. The first kappa shape index (κ1) is 11.5. The highest BCUT2D eigenvalue weighted by molar-refractivity contribution is 5.53. The third-order valence-electron chi connectivity index (χ3n) is 3.43. The minimum atomic E-state index is 1.13. The van der Waals surface area contributed by atoms with Crippen molar-refractivity contribution in [1.82, 2.24) is 4.90 Å². The predicted octanol–water partition coefficient (Wildman–Crippen LogP) is 2.39. The summed E-state index contributed by atoms with van der Waals surface area (Å²) < 4.78 is 0. The second-order valence-corrected chi connectivity index (χ2v) is 4.63. The van der Waals surface area contributed by atoms with Crippen molar-refractivity contribution in [2.45, 2.75) is 19.8 Å². The van der Waals surface area contributed by atoms with Gasteiger partial charge in [-0.1, -0.05) is 25.1 Å². The van der Waals surface area contributed by atoms with Crippen LogP contribution in [0.1, 0.15) is 18.9 Å². The molecule has 1 aromatic carbocycles. The van der Waals surface area contributed by atoms with Gasteiger partial charge in [0.2, 0.25) is 0 Å². The summed E-state index contributed by atoms with van der Waals surface area (Å²) in [5, 5.41) is 0. The lowest BCUT2D eigenvalue weighted by atomic mass is 10.1. The fourth-order valence-electron chi connectivity index (χ4n) is 2.41. The molecule has 2 nitrogen and oxygen atoms in total. The first-order valence-corrected chi connectivity index (χ1v) is 6.32. The topological polar surface area (TPSA) is 6.48 Å². The van der Waals surface area contributed by atoms with Gasteiger partial charge < -0.3 is 9.80 Å². The van der Waals surface area contributed by atoms with E-state index < -0.39 is 0 Å². The number of likely N-dealkylation sites (N-methyl/N-ethyl adjacent to an activating group) is 1. The van der Waals surface area contributed by atoms with Crippen molar-refractivity contribution in [2.75, 3.05) is 38.1 Å². The molecule has 0 radical (unpaired) electrons. The van der Waals surface area contributed by atoms with Crippen LogP contribution < -0.4 is 4.90 Å². The first-order valence-electron chi connectivity index (χ1n) is 6.32. The number of rotatable bonds is 2. The highest BCUT2D eigenvalue weighted by Crippen LogP contribution is 2.21. The Hall–Kier alpha value is -1.02. The highest BCUT2D eigenvalue weighted by Gasteiger charge is 2.14. The Morgan fingerprint density at radius 1 is 1.06 bits per heavy atom. The molecule has 16 heavy (non-hydrogen) atoms. The van der Waals surface area contributed by atoms with Crippen molar-refractivity contribution in [1.29, 1.82) is 0 Å². The summed E-state index contributed by atoms with van der Waals surface area (Å²) in [4.78, 5) is 4.97. The van der Waals surface area contributed by atoms with Gasteiger partial charge in [-0.25, -0.2) is 0 Å². The van der Waals surface area contributed by atoms with Gasteiger partial charge in [-0.2, -0.15) is 0 Å². The van der Waals surface area contributed by atoms with E-state index in [1.165, 1.54) is 37.3 Å². The van der Waals surface area contributed by atoms with Gasteiger partial charge in [0.05, 0.1) is 0 Å². The van der Waals surface area contributed by atoms with Crippen LogP contribution in [0.3, 0.4) is 0 Å². The number of benzene rings is 1. The molecule has 0 aromatic heterocycles. The van der Waals surface area contributed by atoms with E-state index in [0.717, 1.165) is 13.0 Å². The highest BCUT2D eigenvalue weighted by atomic mass is 15.2. The molecule has 0 aliphatic carbocycles. The molecule has 88 valence electrons. The first-order chi connectivity index (χ1) is 7.81. The summed E-state index contributed by atoms with van der Waals surface area (Å²) >= 11 is 0. The molecular formula is C14H22N2. The van der Waals surface area contributed by atoms with Crippen molar-refractivity contribution in [3.8, 4) is 0 Å². The standard InChI is InChI=1S/C14H22N2/c1-3-13-7-4-5-8-14(13)16-10-6-9-15(2)11-12-16/h4-5,7-8H,3,6,9-12H2,1-2H3. The Labute approximate surface area is 98.9 Å². The number of hydrogen-bond donors (Lipinski definition) is 0. The summed E-state index contributed by atoms with van der Waals surface area (Å²) in [7, 11) is 2.22. The number of anilines is 1. The predicted molar refractivity (Wildman–Crippen MR) is 70.1 cm³/mol. The van der Waals surface area contributed by atoms with Crippen LogP contribution in [0.5, 0.6) is 0 Å². The summed E-state index contributed by atoms with van der Waals surface area (Å²) in [6.45, 7) is 7.00. The van der Waals surface area contributed by atoms with E-state index in [1.807, 2.05) is 0 Å². The zero-order valence-electron chi connectivity index (χ0n) is 10.4. The SMILES string of the molecule is CCc1ccccc1N1CCCN(C)CC1. The zero-order chi connectivity index (χ0) is 11.4.